The Morgan fingerprint density at radius 1 is 1.14 bits per heavy atom. The highest BCUT2D eigenvalue weighted by molar-refractivity contribution is 5.85. The molecule has 1 aromatic rings. The first-order chi connectivity index (χ1) is 10.2. The van der Waals surface area contributed by atoms with Crippen molar-refractivity contribution >= 4 is 18.3 Å². The average molecular weight is 323 g/mol. The van der Waals surface area contributed by atoms with E-state index in [0.717, 1.165) is 18.7 Å². The van der Waals surface area contributed by atoms with Crippen LogP contribution in [0, 0.1) is 5.41 Å². The molecule has 2 N–H and O–H groups in total. The number of nitrogens with two attached hydrogens (primary N) is 1. The molecule has 1 aliphatic heterocycles. The van der Waals surface area contributed by atoms with Gasteiger partial charge < -0.3 is 10.6 Å². The van der Waals surface area contributed by atoms with Crippen molar-refractivity contribution in [2.24, 2.45) is 11.1 Å². The highest BCUT2D eigenvalue weighted by atomic mass is 35.5. The topological polar surface area (TPSA) is 46.3 Å². The molecule has 4 heteroatoms. The van der Waals surface area contributed by atoms with Crippen LogP contribution in [0.25, 0.3) is 0 Å². The maximum Gasteiger partial charge on any atom is 0.224 e. The number of carbonyl (C=O) groups excluding carboxylic acids is 1. The van der Waals surface area contributed by atoms with Gasteiger partial charge in [-0.2, -0.15) is 0 Å². The lowest BCUT2D eigenvalue weighted by Gasteiger charge is -2.33. The summed E-state index contributed by atoms with van der Waals surface area (Å²) in [6.45, 7) is 1.90. The minimum atomic E-state index is -0.179. The van der Waals surface area contributed by atoms with Crippen molar-refractivity contribution in [1.82, 2.24) is 4.90 Å². The fourth-order valence-electron chi connectivity index (χ4n) is 3.99. The van der Waals surface area contributed by atoms with Crippen molar-refractivity contribution in [3.63, 3.8) is 0 Å². The Morgan fingerprint density at radius 3 is 2.50 bits per heavy atom. The minimum Gasteiger partial charge on any atom is -0.342 e. The number of nitrogens with zero attached hydrogens (tertiary/aromatic N) is 1. The van der Waals surface area contributed by atoms with Gasteiger partial charge in [0, 0.05) is 25.6 Å². The molecule has 1 unspecified atom stereocenters. The Kier molecular flexibility index (Phi) is 5.87. The number of amides is 1. The van der Waals surface area contributed by atoms with Gasteiger partial charge >= 0.3 is 0 Å². The van der Waals surface area contributed by atoms with E-state index in [1.165, 1.54) is 38.5 Å². The van der Waals surface area contributed by atoms with E-state index in [2.05, 4.69) is 4.90 Å². The summed E-state index contributed by atoms with van der Waals surface area (Å²) in [5.74, 6) is 0.230. The first kappa shape index (κ1) is 17.3. The number of benzene rings is 1. The fraction of sp³-hybridized carbons (Fsp3) is 0.611. The molecule has 1 heterocycles. The molecule has 1 aromatic carbocycles. The molecule has 1 saturated carbocycles. The van der Waals surface area contributed by atoms with Crippen molar-refractivity contribution in [1.29, 1.82) is 0 Å². The van der Waals surface area contributed by atoms with Gasteiger partial charge in [0.25, 0.3) is 0 Å². The predicted molar refractivity (Wildman–Crippen MR) is 92.0 cm³/mol. The summed E-state index contributed by atoms with van der Waals surface area (Å²) in [6, 6.07) is 9.76. The lowest BCUT2D eigenvalue weighted by atomic mass is 9.73. The number of rotatable bonds is 3. The van der Waals surface area contributed by atoms with Crippen LogP contribution in [0.4, 0.5) is 0 Å². The number of likely N-dealkylation sites (tertiary alicyclic amines) is 1. The van der Waals surface area contributed by atoms with E-state index in [0.29, 0.717) is 11.8 Å². The summed E-state index contributed by atoms with van der Waals surface area (Å²) in [4.78, 5) is 14.6. The zero-order valence-electron chi connectivity index (χ0n) is 13.2. The van der Waals surface area contributed by atoms with Crippen molar-refractivity contribution in [2.45, 2.75) is 51.0 Å². The van der Waals surface area contributed by atoms with Gasteiger partial charge in [0.1, 0.15) is 0 Å². The standard InChI is InChI=1S/C18H26N2O.ClH/c19-16(15-7-3-1-4-8-15)13-17(21)20-12-11-18(14-20)9-5-2-6-10-18;/h1,3-4,7-8,16H,2,5-6,9-14,19H2;1H. The van der Waals surface area contributed by atoms with Gasteiger partial charge in [0.15, 0.2) is 0 Å². The van der Waals surface area contributed by atoms with Crippen LogP contribution in [0.3, 0.4) is 0 Å². The zero-order valence-corrected chi connectivity index (χ0v) is 14.0. The van der Waals surface area contributed by atoms with E-state index in [-0.39, 0.29) is 24.4 Å². The van der Waals surface area contributed by atoms with Gasteiger partial charge in [0.2, 0.25) is 5.91 Å². The van der Waals surface area contributed by atoms with Crippen LogP contribution in [-0.4, -0.2) is 23.9 Å². The first-order valence-electron chi connectivity index (χ1n) is 8.27. The molecule has 3 nitrogen and oxygen atoms in total. The van der Waals surface area contributed by atoms with Gasteiger partial charge in [0.05, 0.1) is 0 Å². The third-order valence-electron chi connectivity index (χ3n) is 5.33. The summed E-state index contributed by atoms with van der Waals surface area (Å²) in [6.07, 6.45) is 8.29. The third kappa shape index (κ3) is 3.82. The molecule has 2 fully saturated rings. The van der Waals surface area contributed by atoms with Crippen LogP contribution in [0.15, 0.2) is 30.3 Å². The average Bonchev–Trinajstić information content (AvgIpc) is 2.92. The molecule has 1 aliphatic carbocycles. The van der Waals surface area contributed by atoms with E-state index in [4.69, 9.17) is 5.73 Å². The smallest absolute Gasteiger partial charge is 0.224 e. The molecule has 1 spiro atoms. The molecule has 1 saturated heterocycles. The van der Waals surface area contributed by atoms with Crippen LogP contribution in [0.5, 0.6) is 0 Å². The molecule has 3 rings (SSSR count). The summed E-state index contributed by atoms with van der Waals surface area (Å²) < 4.78 is 0. The predicted octanol–water partition coefficient (Wildman–Crippen LogP) is 3.68. The molecule has 122 valence electrons. The Morgan fingerprint density at radius 2 is 1.82 bits per heavy atom. The maximum absolute atomic E-state index is 12.5. The van der Waals surface area contributed by atoms with Crippen molar-refractivity contribution in [3.8, 4) is 0 Å². The monoisotopic (exact) mass is 322 g/mol. The molecule has 1 atom stereocenters. The first-order valence-corrected chi connectivity index (χ1v) is 8.27. The highest BCUT2D eigenvalue weighted by Crippen LogP contribution is 2.43. The Bertz CT molecular complexity index is 485. The summed E-state index contributed by atoms with van der Waals surface area (Å²) >= 11 is 0. The third-order valence-corrected chi connectivity index (χ3v) is 5.33. The second-order valence-corrected chi connectivity index (χ2v) is 6.85. The van der Waals surface area contributed by atoms with Crippen molar-refractivity contribution < 1.29 is 4.79 Å². The summed E-state index contributed by atoms with van der Waals surface area (Å²) in [5.41, 5.74) is 7.67. The molecule has 0 radical (unpaired) electrons. The molecule has 0 bridgehead atoms. The maximum atomic E-state index is 12.5. The van der Waals surface area contributed by atoms with E-state index in [1.807, 2.05) is 30.3 Å². The summed E-state index contributed by atoms with van der Waals surface area (Å²) in [5, 5.41) is 0. The molecular formula is C18H27ClN2O. The second kappa shape index (κ2) is 7.47. The Labute approximate surface area is 139 Å². The zero-order chi connectivity index (χ0) is 14.7. The van der Waals surface area contributed by atoms with Crippen LogP contribution < -0.4 is 5.73 Å². The highest BCUT2D eigenvalue weighted by Gasteiger charge is 2.40. The Balaban J connectivity index is 0.00000176. The summed E-state index contributed by atoms with van der Waals surface area (Å²) in [7, 11) is 0. The molecule has 0 aromatic heterocycles. The number of carbonyl (C=O) groups is 1. The van der Waals surface area contributed by atoms with Crippen molar-refractivity contribution in [3.05, 3.63) is 35.9 Å². The molecule has 1 amide bonds. The van der Waals surface area contributed by atoms with Crippen molar-refractivity contribution in [2.75, 3.05) is 13.1 Å². The van der Waals surface area contributed by atoms with Crippen LogP contribution in [0.2, 0.25) is 0 Å². The molecule has 2 aliphatic rings. The minimum absolute atomic E-state index is 0. The van der Waals surface area contributed by atoms with Gasteiger partial charge in [-0.05, 0) is 30.2 Å². The lowest BCUT2D eigenvalue weighted by Crippen LogP contribution is -2.34. The van der Waals surface area contributed by atoms with Crippen LogP contribution in [-0.2, 0) is 4.79 Å². The van der Waals surface area contributed by atoms with Gasteiger partial charge in [-0.1, -0.05) is 49.6 Å². The number of hydrogen-bond acceptors (Lipinski definition) is 2. The quantitative estimate of drug-likeness (QED) is 0.922. The van der Waals surface area contributed by atoms with Gasteiger partial charge in [-0.3, -0.25) is 4.79 Å². The van der Waals surface area contributed by atoms with Gasteiger partial charge in [-0.25, -0.2) is 0 Å². The van der Waals surface area contributed by atoms with Gasteiger partial charge in [-0.15, -0.1) is 12.4 Å². The normalized spacial score (nSPS) is 21.4. The lowest BCUT2D eigenvalue weighted by molar-refractivity contribution is -0.131. The Hall–Kier alpha value is -1.06. The second-order valence-electron chi connectivity index (χ2n) is 6.85. The van der Waals surface area contributed by atoms with E-state index < -0.39 is 0 Å². The van der Waals surface area contributed by atoms with Crippen LogP contribution >= 0.6 is 12.4 Å². The number of halogens is 1. The van der Waals surface area contributed by atoms with E-state index in [1.54, 1.807) is 0 Å². The largest absolute Gasteiger partial charge is 0.342 e. The van der Waals surface area contributed by atoms with E-state index >= 15 is 0 Å². The van der Waals surface area contributed by atoms with E-state index in [9.17, 15) is 4.79 Å². The molecule has 22 heavy (non-hydrogen) atoms. The van der Waals surface area contributed by atoms with Crippen LogP contribution in [0.1, 0.15) is 56.6 Å². The fourth-order valence-corrected chi connectivity index (χ4v) is 3.99. The number of hydrogen-bond donors (Lipinski definition) is 1. The SMILES string of the molecule is Cl.NC(CC(=O)N1CCC2(CCCCC2)C1)c1ccccc1. The molecular weight excluding hydrogens is 296 g/mol.